The van der Waals surface area contributed by atoms with Gasteiger partial charge in [0.2, 0.25) is 0 Å². The first-order chi connectivity index (χ1) is 5.50. The van der Waals surface area contributed by atoms with Crippen LogP contribution in [0.3, 0.4) is 0 Å². The summed E-state index contributed by atoms with van der Waals surface area (Å²) in [4.78, 5) is 0. The lowest BCUT2D eigenvalue weighted by Crippen LogP contribution is -2.19. The highest BCUT2D eigenvalue weighted by Gasteiger charge is 1.95. The van der Waals surface area contributed by atoms with Gasteiger partial charge in [-0.05, 0) is 24.3 Å². The lowest BCUT2D eigenvalue weighted by molar-refractivity contribution is 0.774. The molecule has 0 amide bonds. The van der Waals surface area contributed by atoms with Gasteiger partial charge in [-0.25, -0.2) is 0 Å². The third kappa shape index (κ3) is 5.88. The maximum Gasteiger partial charge on any atom is 0.00581 e. The van der Waals surface area contributed by atoms with Gasteiger partial charge in [0, 0.05) is 24.6 Å². The smallest absolute Gasteiger partial charge is 0.00581 e. The maximum atomic E-state index is 3.44. The third-order valence-corrected chi connectivity index (χ3v) is 3.81. The van der Waals surface area contributed by atoms with Crippen LogP contribution >= 0.6 is 23.5 Å². The number of hydrogen-bond acceptors (Lipinski definition) is 3. The third-order valence-electron chi connectivity index (χ3n) is 1.67. The van der Waals surface area contributed by atoms with Gasteiger partial charge in [0.25, 0.3) is 0 Å². The fourth-order valence-electron chi connectivity index (χ4n) is 1.03. The zero-order valence-electron chi connectivity index (χ0n) is 6.97. The SMILES string of the molecule is C1CCSCCNCCSC1. The summed E-state index contributed by atoms with van der Waals surface area (Å²) in [6.07, 6.45) is 2.83. The van der Waals surface area contributed by atoms with Crippen LogP contribution < -0.4 is 5.32 Å². The average Bonchev–Trinajstić information content (AvgIpc) is 2.08. The van der Waals surface area contributed by atoms with Crippen LogP contribution in [-0.2, 0) is 0 Å². The minimum atomic E-state index is 1.20. The monoisotopic (exact) mass is 191 g/mol. The molecule has 1 nitrogen and oxygen atoms in total. The van der Waals surface area contributed by atoms with E-state index in [0.717, 1.165) is 0 Å². The molecule has 1 rings (SSSR count). The number of hydrogen-bond donors (Lipinski definition) is 1. The first-order valence-corrected chi connectivity index (χ1v) is 6.67. The molecule has 0 aromatic rings. The second kappa shape index (κ2) is 7.32. The molecule has 0 bridgehead atoms. The molecule has 0 radical (unpaired) electrons. The molecule has 1 aliphatic rings. The van der Waals surface area contributed by atoms with Gasteiger partial charge in [-0.3, -0.25) is 0 Å². The van der Waals surface area contributed by atoms with E-state index in [-0.39, 0.29) is 0 Å². The van der Waals surface area contributed by atoms with Gasteiger partial charge in [0.15, 0.2) is 0 Å². The standard InChI is InChI=1S/C8H17NS2/c1-2-6-11-8-4-9-3-7-10-5-1/h9H,1-8H2. The number of nitrogens with one attached hydrogen (secondary N) is 1. The molecule has 1 N–H and O–H groups in total. The van der Waals surface area contributed by atoms with Gasteiger partial charge in [0.1, 0.15) is 0 Å². The van der Waals surface area contributed by atoms with Crippen molar-refractivity contribution in [2.75, 3.05) is 36.1 Å². The van der Waals surface area contributed by atoms with Gasteiger partial charge in [-0.1, -0.05) is 0 Å². The molecule has 0 aliphatic carbocycles. The van der Waals surface area contributed by atoms with Crippen molar-refractivity contribution in [3.8, 4) is 0 Å². The van der Waals surface area contributed by atoms with Crippen LogP contribution in [-0.4, -0.2) is 36.1 Å². The summed E-state index contributed by atoms with van der Waals surface area (Å²) in [6, 6.07) is 0. The van der Waals surface area contributed by atoms with Crippen molar-refractivity contribution in [3.63, 3.8) is 0 Å². The molecule has 11 heavy (non-hydrogen) atoms. The van der Waals surface area contributed by atoms with E-state index in [1.165, 1.54) is 48.9 Å². The van der Waals surface area contributed by atoms with Gasteiger partial charge in [-0.2, -0.15) is 23.5 Å². The molecule has 0 unspecified atom stereocenters. The van der Waals surface area contributed by atoms with Gasteiger partial charge >= 0.3 is 0 Å². The van der Waals surface area contributed by atoms with Crippen LogP contribution in [0.15, 0.2) is 0 Å². The van der Waals surface area contributed by atoms with Crippen LogP contribution in [0, 0.1) is 0 Å². The lowest BCUT2D eigenvalue weighted by Gasteiger charge is -2.01. The lowest BCUT2D eigenvalue weighted by atomic mass is 10.4. The normalized spacial score (nSPS) is 24.0. The van der Waals surface area contributed by atoms with E-state index in [0.29, 0.717) is 0 Å². The Labute approximate surface area is 78.1 Å². The van der Waals surface area contributed by atoms with E-state index >= 15 is 0 Å². The Balaban J connectivity index is 2.02. The molecular formula is C8H17NS2. The summed E-state index contributed by atoms with van der Waals surface area (Å²) >= 11 is 4.18. The molecule has 0 atom stereocenters. The molecule has 1 fully saturated rings. The fraction of sp³-hybridized carbons (Fsp3) is 1.00. The molecular weight excluding hydrogens is 174 g/mol. The summed E-state index contributed by atoms with van der Waals surface area (Å²) in [5.74, 6) is 5.32. The second-order valence-electron chi connectivity index (χ2n) is 2.68. The first-order valence-electron chi connectivity index (χ1n) is 4.36. The Morgan fingerprint density at radius 2 is 1.27 bits per heavy atom. The molecule has 0 saturated carbocycles. The zero-order chi connectivity index (χ0) is 7.78. The van der Waals surface area contributed by atoms with Crippen LogP contribution in [0.4, 0.5) is 0 Å². The van der Waals surface area contributed by atoms with Gasteiger partial charge in [-0.15, -0.1) is 0 Å². The van der Waals surface area contributed by atoms with Crippen LogP contribution in [0.25, 0.3) is 0 Å². The maximum absolute atomic E-state index is 3.44. The minimum Gasteiger partial charge on any atom is -0.315 e. The molecule has 0 spiro atoms. The Morgan fingerprint density at radius 3 is 1.82 bits per heavy atom. The van der Waals surface area contributed by atoms with Crippen molar-refractivity contribution in [2.45, 2.75) is 12.8 Å². The molecule has 0 aromatic heterocycles. The molecule has 0 aromatic carbocycles. The van der Waals surface area contributed by atoms with Crippen LogP contribution in [0.1, 0.15) is 12.8 Å². The predicted octanol–water partition coefficient (Wildman–Crippen LogP) is 1.84. The average molecular weight is 191 g/mol. The van der Waals surface area contributed by atoms with E-state index in [9.17, 15) is 0 Å². The highest BCUT2D eigenvalue weighted by molar-refractivity contribution is 7.99. The highest BCUT2D eigenvalue weighted by Crippen LogP contribution is 2.09. The van der Waals surface area contributed by atoms with E-state index in [2.05, 4.69) is 28.8 Å². The van der Waals surface area contributed by atoms with Crippen molar-refractivity contribution in [1.82, 2.24) is 5.32 Å². The van der Waals surface area contributed by atoms with Crippen molar-refractivity contribution in [3.05, 3.63) is 0 Å². The van der Waals surface area contributed by atoms with Crippen molar-refractivity contribution in [1.29, 1.82) is 0 Å². The largest absolute Gasteiger partial charge is 0.315 e. The molecule has 1 heterocycles. The predicted molar refractivity (Wildman–Crippen MR) is 56.8 cm³/mol. The Kier molecular flexibility index (Phi) is 6.48. The summed E-state index contributed by atoms with van der Waals surface area (Å²) in [5.41, 5.74) is 0. The second-order valence-corrected chi connectivity index (χ2v) is 5.13. The summed E-state index contributed by atoms with van der Waals surface area (Å²) in [5, 5.41) is 3.44. The van der Waals surface area contributed by atoms with E-state index in [4.69, 9.17) is 0 Å². The molecule has 1 saturated heterocycles. The Hall–Kier alpha value is 0.660. The fourth-order valence-corrected chi connectivity index (χ4v) is 2.83. The van der Waals surface area contributed by atoms with Gasteiger partial charge < -0.3 is 5.32 Å². The summed E-state index contributed by atoms with van der Waals surface area (Å²) in [7, 11) is 0. The topological polar surface area (TPSA) is 12.0 Å². The molecule has 1 aliphatic heterocycles. The highest BCUT2D eigenvalue weighted by atomic mass is 32.2. The van der Waals surface area contributed by atoms with Gasteiger partial charge in [0.05, 0.1) is 0 Å². The van der Waals surface area contributed by atoms with Crippen molar-refractivity contribution < 1.29 is 0 Å². The van der Waals surface area contributed by atoms with Crippen LogP contribution in [0.2, 0.25) is 0 Å². The Bertz CT molecular complexity index is 50.1. The minimum absolute atomic E-state index is 1.20. The molecule has 3 heteroatoms. The van der Waals surface area contributed by atoms with Crippen LogP contribution in [0.5, 0.6) is 0 Å². The quantitative estimate of drug-likeness (QED) is 0.627. The summed E-state index contributed by atoms with van der Waals surface area (Å²) < 4.78 is 0. The first kappa shape index (κ1) is 9.75. The van der Waals surface area contributed by atoms with Crippen molar-refractivity contribution >= 4 is 23.5 Å². The van der Waals surface area contributed by atoms with E-state index < -0.39 is 0 Å². The summed E-state index contributed by atoms with van der Waals surface area (Å²) in [6.45, 7) is 2.40. The van der Waals surface area contributed by atoms with E-state index in [1.54, 1.807) is 0 Å². The van der Waals surface area contributed by atoms with E-state index in [1.807, 2.05) is 0 Å². The molecule has 66 valence electrons. The zero-order valence-corrected chi connectivity index (χ0v) is 8.61. The number of thioether (sulfide) groups is 2. The Morgan fingerprint density at radius 1 is 0.727 bits per heavy atom. The van der Waals surface area contributed by atoms with Crippen molar-refractivity contribution in [2.24, 2.45) is 0 Å². The number of rotatable bonds is 0.